The summed E-state index contributed by atoms with van der Waals surface area (Å²) in [5.74, 6) is 0.694. The Kier molecular flexibility index (Phi) is 4.49. The quantitative estimate of drug-likeness (QED) is 0.590. The van der Waals surface area contributed by atoms with Crippen LogP contribution in [0.4, 0.5) is 5.95 Å². The molecular weight excluding hydrogens is 116 g/mol. The molecule has 9 heavy (non-hydrogen) atoms. The monoisotopic (exact) mass is 128 g/mol. The van der Waals surface area contributed by atoms with Gasteiger partial charge in [0.2, 0.25) is 5.95 Å². The molecule has 0 aliphatic carbocycles. The molecular formula is C5H12N4. The predicted octanol–water partition coefficient (Wildman–Crippen LogP) is 0.873. The molecule has 0 aromatic carbocycles. The molecule has 0 amide bonds. The number of nitrogens with zero attached hydrogens (tertiary/aromatic N) is 2. The van der Waals surface area contributed by atoms with Gasteiger partial charge in [0, 0.05) is 7.05 Å². The van der Waals surface area contributed by atoms with Crippen LogP contribution in [-0.2, 0) is 0 Å². The fourth-order valence-corrected chi connectivity index (χ4v) is 0.326. The van der Waals surface area contributed by atoms with Crippen molar-refractivity contribution in [3.63, 3.8) is 0 Å². The van der Waals surface area contributed by atoms with Gasteiger partial charge in [-0.3, -0.25) is 0 Å². The molecule has 0 atom stereocenters. The Hall–Kier alpha value is -1.06. The summed E-state index contributed by atoms with van der Waals surface area (Å²) in [6.45, 7) is 4.00. The van der Waals surface area contributed by atoms with Gasteiger partial charge in [0.1, 0.15) is 6.33 Å². The fraction of sp³-hybridized carbons (Fsp3) is 0.600. The minimum Gasteiger partial charge on any atom is -0.358 e. The molecule has 0 aliphatic rings. The third-order valence-corrected chi connectivity index (χ3v) is 0.652. The lowest BCUT2D eigenvalue weighted by atomic mass is 11.0. The second-order valence-corrected chi connectivity index (χ2v) is 1.08. The number of aromatic amines is 1. The number of hydrogen-bond acceptors (Lipinski definition) is 3. The first kappa shape index (κ1) is 7.94. The van der Waals surface area contributed by atoms with Crippen LogP contribution in [0.5, 0.6) is 0 Å². The topological polar surface area (TPSA) is 53.6 Å². The summed E-state index contributed by atoms with van der Waals surface area (Å²) in [7, 11) is 1.78. The average Bonchev–Trinajstić information content (AvgIpc) is 2.43. The van der Waals surface area contributed by atoms with Gasteiger partial charge in [0.25, 0.3) is 0 Å². The highest BCUT2D eigenvalue weighted by atomic mass is 15.3. The van der Waals surface area contributed by atoms with Gasteiger partial charge in [-0.2, -0.15) is 5.10 Å². The van der Waals surface area contributed by atoms with Gasteiger partial charge in [0.05, 0.1) is 0 Å². The van der Waals surface area contributed by atoms with Gasteiger partial charge in [0.15, 0.2) is 0 Å². The maximum Gasteiger partial charge on any atom is 0.218 e. The zero-order valence-electron chi connectivity index (χ0n) is 5.97. The molecule has 0 radical (unpaired) electrons. The molecule has 52 valence electrons. The Balaban J connectivity index is 0.000000291. The molecule has 1 rings (SSSR count). The molecule has 0 fully saturated rings. The maximum atomic E-state index is 3.76. The second kappa shape index (κ2) is 5.08. The van der Waals surface area contributed by atoms with Gasteiger partial charge in [-0.15, -0.1) is 0 Å². The zero-order chi connectivity index (χ0) is 7.11. The molecule has 4 heteroatoms. The summed E-state index contributed by atoms with van der Waals surface area (Å²) in [5.41, 5.74) is 0. The lowest BCUT2D eigenvalue weighted by Crippen LogP contribution is -1.88. The third-order valence-electron chi connectivity index (χ3n) is 0.652. The first-order chi connectivity index (χ1) is 4.43. The van der Waals surface area contributed by atoms with Gasteiger partial charge < -0.3 is 5.32 Å². The van der Waals surface area contributed by atoms with E-state index in [1.165, 1.54) is 6.33 Å². The van der Waals surface area contributed by atoms with Crippen molar-refractivity contribution in [1.29, 1.82) is 0 Å². The molecule has 0 unspecified atom stereocenters. The average molecular weight is 128 g/mol. The molecule has 0 saturated heterocycles. The summed E-state index contributed by atoms with van der Waals surface area (Å²) >= 11 is 0. The number of nitrogens with one attached hydrogen (secondary N) is 2. The predicted molar refractivity (Wildman–Crippen MR) is 37.3 cm³/mol. The van der Waals surface area contributed by atoms with Crippen molar-refractivity contribution in [1.82, 2.24) is 15.2 Å². The first-order valence-corrected chi connectivity index (χ1v) is 2.96. The molecule has 0 spiro atoms. The van der Waals surface area contributed by atoms with Crippen LogP contribution < -0.4 is 5.32 Å². The van der Waals surface area contributed by atoms with Crippen molar-refractivity contribution < 1.29 is 0 Å². The Bertz CT molecular complexity index is 124. The largest absolute Gasteiger partial charge is 0.358 e. The Morgan fingerprint density at radius 1 is 1.56 bits per heavy atom. The van der Waals surface area contributed by atoms with E-state index in [0.717, 1.165) is 0 Å². The van der Waals surface area contributed by atoms with Crippen LogP contribution >= 0.6 is 0 Å². The molecule has 4 nitrogen and oxygen atoms in total. The van der Waals surface area contributed by atoms with Crippen molar-refractivity contribution in [2.45, 2.75) is 13.8 Å². The maximum absolute atomic E-state index is 3.76. The lowest BCUT2D eigenvalue weighted by molar-refractivity contribution is 1.09. The normalized spacial score (nSPS) is 7.44. The van der Waals surface area contributed by atoms with E-state index in [-0.39, 0.29) is 0 Å². The van der Waals surface area contributed by atoms with Gasteiger partial charge >= 0.3 is 0 Å². The number of rotatable bonds is 1. The van der Waals surface area contributed by atoms with E-state index < -0.39 is 0 Å². The van der Waals surface area contributed by atoms with Crippen molar-refractivity contribution >= 4 is 5.95 Å². The Morgan fingerprint density at radius 2 is 2.22 bits per heavy atom. The second-order valence-electron chi connectivity index (χ2n) is 1.08. The highest BCUT2D eigenvalue weighted by molar-refractivity contribution is 5.17. The Labute approximate surface area is 54.7 Å². The van der Waals surface area contributed by atoms with Crippen LogP contribution in [0, 0.1) is 0 Å². The standard InChI is InChI=1S/C3H6N4.C2H6/c1-4-3-5-2-6-7-3;1-2/h2H,1H3,(H2,4,5,6,7);1-2H3. The lowest BCUT2D eigenvalue weighted by Gasteiger charge is -1.83. The molecule has 2 N–H and O–H groups in total. The summed E-state index contributed by atoms with van der Waals surface area (Å²) in [4.78, 5) is 3.76. The minimum atomic E-state index is 0.694. The van der Waals surface area contributed by atoms with Crippen LogP contribution in [0.2, 0.25) is 0 Å². The van der Waals surface area contributed by atoms with Crippen LogP contribution in [0.3, 0.4) is 0 Å². The van der Waals surface area contributed by atoms with Gasteiger partial charge in [-0.25, -0.2) is 10.1 Å². The summed E-state index contributed by atoms with van der Waals surface area (Å²) in [6, 6.07) is 0. The van der Waals surface area contributed by atoms with Crippen molar-refractivity contribution in [2.24, 2.45) is 0 Å². The molecule has 1 aromatic heterocycles. The Morgan fingerprint density at radius 3 is 2.44 bits per heavy atom. The fourth-order valence-electron chi connectivity index (χ4n) is 0.326. The molecule has 0 bridgehead atoms. The van der Waals surface area contributed by atoms with Gasteiger partial charge in [-0.1, -0.05) is 13.8 Å². The summed E-state index contributed by atoms with van der Waals surface area (Å²) < 4.78 is 0. The highest BCUT2D eigenvalue weighted by Gasteiger charge is 1.82. The molecule has 0 saturated carbocycles. The third kappa shape index (κ3) is 2.69. The van der Waals surface area contributed by atoms with E-state index in [1.54, 1.807) is 7.05 Å². The van der Waals surface area contributed by atoms with Crippen LogP contribution in [0.1, 0.15) is 13.8 Å². The van der Waals surface area contributed by atoms with Gasteiger partial charge in [-0.05, 0) is 0 Å². The first-order valence-electron chi connectivity index (χ1n) is 2.96. The van der Waals surface area contributed by atoms with Crippen molar-refractivity contribution in [3.05, 3.63) is 6.33 Å². The van der Waals surface area contributed by atoms with E-state index >= 15 is 0 Å². The van der Waals surface area contributed by atoms with E-state index in [9.17, 15) is 0 Å². The zero-order valence-corrected chi connectivity index (χ0v) is 5.97. The summed E-state index contributed by atoms with van der Waals surface area (Å²) in [6.07, 6.45) is 1.45. The van der Waals surface area contributed by atoms with Crippen molar-refractivity contribution in [3.8, 4) is 0 Å². The smallest absolute Gasteiger partial charge is 0.218 e. The van der Waals surface area contributed by atoms with Crippen molar-refractivity contribution in [2.75, 3.05) is 12.4 Å². The molecule has 0 aliphatic heterocycles. The van der Waals surface area contributed by atoms with Crippen LogP contribution in [0.25, 0.3) is 0 Å². The molecule has 1 aromatic rings. The summed E-state index contributed by atoms with van der Waals surface area (Å²) in [5, 5.41) is 8.99. The van der Waals surface area contributed by atoms with E-state index in [1.807, 2.05) is 13.8 Å². The van der Waals surface area contributed by atoms with E-state index in [4.69, 9.17) is 0 Å². The van der Waals surface area contributed by atoms with Crippen LogP contribution in [0.15, 0.2) is 6.33 Å². The number of aromatic nitrogens is 3. The number of hydrogen-bond donors (Lipinski definition) is 2. The van der Waals surface area contributed by atoms with E-state index in [2.05, 4.69) is 20.5 Å². The number of H-pyrrole nitrogens is 1. The van der Waals surface area contributed by atoms with Crippen LogP contribution in [-0.4, -0.2) is 22.2 Å². The van der Waals surface area contributed by atoms with E-state index in [0.29, 0.717) is 5.95 Å². The highest BCUT2D eigenvalue weighted by Crippen LogP contribution is 1.85. The minimum absolute atomic E-state index is 0.694. The number of anilines is 1. The molecule has 1 heterocycles. The SMILES string of the molecule is CC.CNc1ncn[nH]1.